The third-order valence-corrected chi connectivity index (χ3v) is 1.84. The summed E-state index contributed by atoms with van der Waals surface area (Å²) in [6.45, 7) is 1.58. The van der Waals surface area contributed by atoms with E-state index in [1.165, 1.54) is 12.1 Å². The van der Waals surface area contributed by atoms with Crippen molar-refractivity contribution in [3.8, 4) is 0 Å². The molecule has 0 aliphatic heterocycles. The smallest absolute Gasteiger partial charge is 0.130 e. The van der Waals surface area contributed by atoms with Crippen LogP contribution in [0.3, 0.4) is 0 Å². The predicted molar refractivity (Wildman–Crippen MR) is 55.3 cm³/mol. The van der Waals surface area contributed by atoms with Crippen LogP contribution < -0.4 is 0 Å². The Morgan fingerprint density at radius 2 is 2.00 bits per heavy atom. The molecule has 0 radical (unpaired) electrons. The molecule has 1 rings (SSSR count). The van der Waals surface area contributed by atoms with Gasteiger partial charge in [0.05, 0.1) is 0 Å². The zero-order valence-electron chi connectivity index (χ0n) is 8.16. The molecule has 0 atom stereocenters. The molecule has 0 saturated heterocycles. The van der Waals surface area contributed by atoms with Gasteiger partial charge in [0, 0.05) is 6.42 Å². The summed E-state index contributed by atoms with van der Waals surface area (Å²) >= 11 is 0. The molecule has 0 fully saturated rings. The number of benzene rings is 1. The minimum atomic E-state index is -0.231. The summed E-state index contributed by atoms with van der Waals surface area (Å²) in [7, 11) is 0. The van der Waals surface area contributed by atoms with E-state index in [-0.39, 0.29) is 11.6 Å². The third-order valence-electron chi connectivity index (χ3n) is 1.84. The van der Waals surface area contributed by atoms with Crippen molar-refractivity contribution in [1.82, 2.24) is 0 Å². The molecule has 0 unspecified atom stereocenters. The van der Waals surface area contributed by atoms with E-state index < -0.39 is 0 Å². The maximum absolute atomic E-state index is 12.5. The molecular weight excluding hydrogens is 179 g/mol. The monoisotopic (exact) mass is 192 g/mol. The van der Waals surface area contributed by atoms with E-state index in [1.807, 2.05) is 12.2 Å². The minimum absolute atomic E-state index is 0.189. The summed E-state index contributed by atoms with van der Waals surface area (Å²) in [5.41, 5.74) is 0.954. The fraction of sp³-hybridized carbons (Fsp3) is 0.250. The molecule has 1 nitrogen and oxygen atoms in total. The highest BCUT2D eigenvalue weighted by Crippen LogP contribution is 2.05. The van der Waals surface area contributed by atoms with Crippen LogP contribution in [-0.2, 0) is 4.79 Å². The van der Waals surface area contributed by atoms with E-state index >= 15 is 0 Å². The van der Waals surface area contributed by atoms with E-state index in [1.54, 1.807) is 19.1 Å². The zero-order chi connectivity index (χ0) is 10.4. The van der Waals surface area contributed by atoms with Crippen LogP contribution in [0.1, 0.15) is 25.3 Å². The van der Waals surface area contributed by atoms with Crippen molar-refractivity contribution in [3.63, 3.8) is 0 Å². The summed E-state index contributed by atoms with van der Waals surface area (Å²) in [6, 6.07) is 6.26. The molecule has 0 aliphatic carbocycles. The van der Waals surface area contributed by atoms with Crippen molar-refractivity contribution in [1.29, 1.82) is 0 Å². The zero-order valence-corrected chi connectivity index (χ0v) is 8.16. The second kappa shape index (κ2) is 5.32. The topological polar surface area (TPSA) is 17.1 Å². The Labute approximate surface area is 83.3 Å². The fourth-order valence-electron chi connectivity index (χ4n) is 1.08. The van der Waals surface area contributed by atoms with Crippen LogP contribution >= 0.6 is 0 Å². The summed E-state index contributed by atoms with van der Waals surface area (Å²) < 4.78 is 12.5. The normalized spacial score (nSPS) is 10.7. The van der Waals surface area contributed by atoms with Gasteiger partial charge in [-0.1, -0.05) is 24.3 Å². The van der Waals surface area contributed by atoms with Crippen molar-refractivity contribution in [2.45, 2.75) is 19.8 Å². The first-order chi connectivity index (χ1) is 6.68. The van der Waals surface area contributed by atoms with Gasteiger partial charge in [0.25, 0.3) is 0 Å². The maximum Gasteiger partial charge on any atom is 0.130 e. The second-order valence-corrected chi connectivity index (χ2v) is 3.19. The van der Waals surface area contributed by atoms with E-state index in [9.17, 15) is 9.18 Å². The third kappa shape index (κ3) is 3.99. The summed E-state index contributed by atoms with van der Waals surface area (Å²) in [6.07, 6.45) is 5.13. The highest BCUT2D eigenvalue weighted by Gasteiger charge is 1.90. The Bertz CT molecular complexity index is 325. The Morgan fingerprint density at radius 1 is 1.36 bits per heavy atom. The highest BCUT2D eigenvalue weighted by atomic mass is 19.1. The number of halogens is 1. The lowest BCUT2D eigenvalue weighted by Crippen LogP contribution is -1.86. The molecule has 2 heteroatoms. The van der Waals surface area contributed by atoms with Gasteiger partial charge in [-0.2, -0.15) is 0 Å². The molecule has 0 N–H and O–H groups in total. The molecule has 0 aliphatic rings. The molecule has 1 aromatic rings. The van der Waals surface area contributed by atoms with Crippen LogP contribution in [0.15, 0.2) is 30.3 Å². The SMILES string of the molecule is CC(=O)CCC=Cc1ccc(F)cc1. The maximum atomic E-state index is 12.5. The molecule has 0 aromatic heterocycles. The average molecular weight is 192 g/mol. The molecule has 0 heterocycles. The van der Waals surface area contributed by atoms with Gasteiger partial charge in [-0.25, -0.2) is 4.39 Å². The second-order valence-electron chi connectivity index (χ2n) is 3.19. The number of hydrogen-bond donors (Lipinski definition) is 0. The number of Topliss-reactive ketones (excluding diaryl/α,β-unsaturated/α-hetero) is 1. The van der Waals surface area contributed by atoms with E-state index in [0.29, 0.717) is 6.42 Å². The van der Waals surface area contributed by atoms with Gasteiger partial charge in [0.2, 0.25) is 0 Å². The minimum Gasteiger partial charge on any atom is -0.300 e. The van der Waals surface area contributed by atoms with Gasteiger partial charge in [-0.05, 0) is 31.0 Å². The largest absolute Gasteiger partial charge is 0.300 e. The van der Waals surface area contributed by atoms with Gasteiger partial charge in [0.15, 0.2) is 0 Å². The summed E-state index contributed by atoms with van der Waals surface area (Å²) in [5.74, 6) is -0.0420. The van der Waals surface area contributed by atoms with Gasteiger partial charge < -0.3 is 4.79 Å². The molecule has 0 bridgehead atoms. The van der Waals surface area contributed by atoms with Crippen LogP contribution in [0.5, 0.6) is 0 Å². The van der Waals surface area contributed by atoms with Gasteiger partial charge in [-0.3, -0.25) is 0 Å². The molecule has 1 aromatic carbocycles. The molecule has 0 saturated carbocycles. The molecule has 14 heavy (non-hydrogen) atoms. The van der Waals surface area contributed by atoms with Crippen molar-refractivity contribution in [2.24, 2.45) is 0 Å². The van der Waals surface area contributed by atoms with Gasteiger partial charge >= 0.3 is 0 Å². The lowest BCUT2D eigenvalue weighted by atomic mass is 10.1. The van der Waals surface area contributed by atoms with Gasteiger partial charge in [-0.15, -0.1) is 0 Å². The molecule has 74 valence electrons. The Balaban J connectivity index is 2.44. The quantitative estimate of drug-likeness (QED) is 0.715. The van der Waals surface area contributed by atoms with E-state index in [2.05, 4.69) is 0 Å². The first-order valence-electron chi connectivity index (χ1n) is 4.60. The number of carbonyl (C=O) groups excluding carboxylic acids is 1. The predicted octanol–water partition coefficient (Wildman–Crippen LogP) is 3.21. The Hall–Kier alpha value is -1.44. The van der Waals surface area contributed by atoms with E-state index in [0.717, 1.165) is 12.0 Å². The lowest BCUT2D eigenvalue weighted by molar-refractivity contribution is -0.116. The summed E-state index contributed by atoms with van der Waals surface area (Å²) in [4.78, 5) is 10.6. The summed E-state index contributed by atoms with van der Waals surface area (Å²) in [5, 5.41) is 0. The van der Waals surface area contributed by atoms with Gasteiger partial charge in [0.1, 0.15) is 11.6 Å². The Kier molecular flexibility index (Phi) is 4.05. The van der Waals surface area contributed by atoms with Crippen molar-refractivity contribution >= 4 is 11.9 Å². The number of carbonyl (C=O) groups is 1. The highest BCUT2D eigenvalue weighted by molar-refractivity contribution is 5.75. The number of ketones is 1. The van der Waals surface area contributed by atoms with Crippen molar-refractivity contribution in [3.05, 3.63) is 41.7 Å². The first kappa shape index (κ1) is 10.6. The van der Waals surface area contributed by atoms with Crippen LogP contribution in [0.2, 0.25) is 0 Å². The lowest BCUT2D eigenvalue weighted by Gasteiger charge is -1.92. The van der Waals surface area contributed by atoms with E-state index in [4.69, 9.17) is 0 Å². The number of hydrogen-bond acceptors (Lipinski definition) is 1. The van der Waals surface area contributed by atoms with Crippen LogP contribution in [-0.4, -0.2) is 5.78 Å². The average Bonchev–Trinajstić information content (AvgIpc) is 2.15. The Morgan fingerprint density at radius 3 is 2.57 bits per heavy atom. The van der Waals surface area contributed by atoms with Crippen LogP contribution in [0, 0.1) is 5.82 Å². The number of rotatable bonds is 4. The molecule has 0 spiro atoms. The molecular formula is C12H13FO. The first-order valence-corrected chi connectivity index (χ1v) is 4.60. The van der Waals surface area contributed by atoms with Crippen LogP contribution in [0.25, 0.3) is 6.08 Å². The fourth-order valence-corrected chi connectivity index (χ4v) is 1.08. The van der Waals surface area contributed by atoms with Crippen LogP contribution in [0.4, 0.5) is 4.39 Å². The number of allylic oxidation sites excluding steroid dienone is 1. The molecule has 0 amide bonds. The standard InChI is InChI=1S/C12H13FO/c1-10(14)4-2-3-5-11-6-8-12(13)9-7-11/h3,5-9H,2,4H2,1H3. The van der Waals surface area contributed by atoms with Crippen molar-refractivity contribution in [2.75, 3.05) is 0 Å². The van der Waals surface area contributed by atoms with Crippen molar-refractivity contribution < 1.29 is 9.18 Å².